The standard InChI is InChI=1S/C19H25FN2O5S2/c20-16-4-1-3-15(13-16)19(6-2-7-19)18(23)21-8-10-22(11-9-21)29(26,27)17-5-12-28(24,25)14-17/h1,3-4,13,17H,2,5-12,14H2. The van der Waals surface area contributed by atoms with Crippen molar-refractivity contribution >= 4 is 25.8 Å². The minimum absolute atomic E-state index is 0.0742. The Morgan fingerprint density at radius 3 is 2.34 bits per heavy atom. The van der Waals surface area contributed by atoms with Crippen LogP contribution in [0.3, 0.4) is 0 Å². The molecule has 1 unspecified atom stereocenters. The van der Waals surface area contributed by atoms with Crippen molar-refractivity contribution in [1.29, 1.82) is 0 Å². The van der Waals surface area contributed by atoms with Crippen LogP contribution < -0.4 is 0 Å². The van der Waals surface area contributed by atoms with Gasteiger partial charge in [0, 0.05) is 26.2 Å². The maximum absolute atomic E-state index is 13.7. The van der Waals surface area contributed by atoms with Gasteiger partial charge in [-0.25, -0.2) is 21.2 Å². The summed E-state index contributed by atoms with van der Waals surface area (Å²) in [6.45, 7) is 0.830. The summed E-state index contributed by atoms with van der Waals surface area (Å²) in [7, 11) is -6.99. The number of sulfone groups is 1. The van der Waals surface area contributed by atoms with E-state index < -0.39 is 30.5 Å². The molecule has 0 spiro atoms. The highest BCUT2D eigenvalue weighted by Crippen LogP contribution is 2.45. The van der Waals surface area contributed by atoms with Gasteiger partial charge in [-0.15, -0.1) is 0 Å². The molecule has 0 radical (unpaired) electrons. The van der Waals surface area contributed by atoms with Crippen LogP contribution >= 0.6 is 0 Å². The molecule has 2 heterocycles. The molecular formula is C19H25FN2O5S2. The third kappa shape index (κ3) is 3.70. The van der Waals surface area contributed by atoms with Crippen molar-refractivity contribution in [2.75, 3.05) is 37.7 Å². The number of carbonyl (C=O) groups excluding carboxylic acids is 1. The van der Waals surface area contributed by atoms with Crippen molar-refractivity contribution < 1.29 is 26.0 Å². The lowest BCUT2D eigenvalue weighted by molar-refractivity contribution is -0.142. The molecule has 1 aromatic carbocycles. The largest absolute Gasteiger partial charge is 0.339 e. The summed E-state index contributed by atoms with van der Waals surface area (Å²) in [5.74, 6) is -0.860. The third-order valence-corrected chi connectivity index (χ3v) is 10.8. The average Bonchev–Trinajstić information content (AvgIpc) is 3.02. The Labute approximate surface area is 170 Å². The van der Waals surface area contributed by atoms with Gasteiger partial charge in [-0.1, -0.05) is 18.6 Å². The molecule has 1 aromatic rings. The molecule has 3 aliphatic rings. The highest BCUT2D eigenvalue weighted by molar-refractivity contribution is 7.95. The number of halogens is 1. The number of rotatable bonds is 4. The summed E-state index contributed by atoms with van der Waals surface area (Å²) < 4.78 is 63.9. The van der Waals surface area contributed by atoms with Crippen LogP contribution in [0.2, 0.25) is 0 Å². The second-order valence-corrected chi connectivity index (χ2v) is 12.6. The van der Waals surface area contributed by atoms with E-state index in [0.717, 1.165) is 6.42 Å². The molecule has 7 nitrogen and oxygen atoms in total. The van der Waals surface area contributed by atoms with Crippen LogP contribution in [0.25, 0.3) is 0 Å². The van der Waals surface area contributed by atoms with Crippen molar-refractivity contribution in [2.45, 2.75) is 36.3 Å². The first-order valence-electron chi connectivity index (χ1n) is 9.89. The summed E-state index contributed by atoms with van der Waals surface area (Å²) in [5, 5.41) is -0.889. The van der Waals surface area contributed by atoms with E-state index in [1.165, 1.54) is 16.4 Å². The topological polar surface area (TPSA) is 91.8 Å². The van der Waals surface area contributed by atoms with Crippen LogP contribution in [0.5, 0.6) is 0 Å². The highest BCUT2D eigenvalue weighted by Gasteiger charge is 2.49. The molecule has 1 aliphatic carbocycles. The molecule has 0 N–H and O–H groups in total. The van der Waals surface area contributed by atoms with Gasteiger partial charge in [0.25, 0.3) is 0 Å². The first kappa shape index (κ1) is 20.7. The van der Waals surface area contributed by atoms with E-state index in [1.54, 1.807) is 17.0 Å². The van der Waals surface area contributed by atoms with Crippen molar-refractivity contribution in [3.8, 4) is 0 Å². The van der Waals surface area contributed by atoms with Gasteiger partial charge >= 0.3 is 0 Å². The predicted octanol–water partition coefficient (Wildman–Crippen LogP) is 0.909. The molecule has 160 valence electrons. The van der Waals surface area contributed by atoms with E-state index in [4.69, 9.17) is 0 Å². The summed E-state index contributed by atoms with van der Waals surface area (Å²) in [5.41, 5.74) is -0.0390. The lowest BCUT2D eigenvalue weighted by Gasteiger charge is -2.46. The molecule has 2 saturated heterocycles. The van der Waals surface area contributed by atoms with Gasteiger partial charge in [0.2, 0.25) is 15.9 Å². The molecule has 4 rings (SSSR count). The second kappa shape index (κ2) is 7.31. The Kier molecular flexibility index (Phi) is 5.23. The van der Waals surface area contributed by atoms with E-state index in [-0.39, 0.29) is 55.8 Å². The summed E-state index contributed by atoms with van der Waals surface area (Å²) in [6, 6.07) is 6.16. The lowest BCUT2D eigenvalue weighted by Crippen LogP contribution is -2.58. The van der Waals surface area contributed by atoms with Crippen molar-refractivity contribution in [3.05, 3.63) is 35.6 Å². The smallest absolute Gasteiger partial charge is 0.233 e. The van der Waals surface area contributed by atoms with Gasteiger partial charge in [-0.2, -0.15) is 4.31 Å². The Balaban J connectivity index is 1.45. The Morgan fingerprint density at radius 2 is 1.83 bits per heavy atom. The van der Waals surface area contributed by atoms with Gasteiger partial charge in [0.05, 0.1) is 22.2 Å². The van der Waals surface area contributed by atoms with Gasteiger partial charge in [-0.05, 0) is 37.0 Å². The lowest BCUT2D eigenvalue weighted by atomic mass is 9.63. The van der Waals surface area contributed by atoms with Gasteiger partial charge < -0.3 is 4.90 Å². The van der Waals surface area contributed by atoms with Crippen LogP contribution in [0, 0.1) is 5.82 Å². The Hall–Kier alpha value is -1.52. The Morgan fingerprint density at radius 1 is 1.14 bits per heavy atom. The van der Waals surface area contributed by atoms with Gasteiger partial charge in [0.15, 0.2) is 9.84 Å². The number of hydrogen-bond donors (Lipinski definition) is 0. The average molecular weight is 445 g/mol. The van der Waals surface area contributed by atoms with Gasteiger partial charge in [-0.3, -0.25) is 4.79 Å². The monoisotopic (exact) mass is 444 g/mol. The van der Waals surface area contributed by atoms with E-state index in [9.17, 15) is 26.0 Å². The molecular weight excluding hydrogens is 419 g/mol. The van der Waals surface area contributed by atoms with Crippen LogP contribution in [0.4, 0.5) is 4.39 Å². The number of amides is 1. The zero-order chi connectivity index (χ0) is 20.9. The summed E-state index contributed by atoms with van der Waals surface area (Å²) in [6.07, 6.45) is 2.35. The summed E-state index contributed by atoms with van der Waals surface area (Å²) in [4.78, 5) is 14.9. The first-order valence-corrected chi connectivity index (χ1v) is 13.2. The molecule has 0 bridgehead atoms. The predicted molar refractivity (Wildman–Crippen MR) is 106 cm³/mol. The zero-order valence-electron chi connectivity index (χ0n) is 16.1. The molecule has 3 fully saturated rings. The van der Waals surface area contributed by atoms with Crippen LogP contribution in [-0.2, 0) is 30.1 Å². The highest BCUT2D eigenvalue weighted by atomic mass is 32.2. The van der Waals surface area contributed by atoms with E-state index >= 15 is 0 Å². The minimum Gasteiger partial charge on any atom is -0.339 e. The SMILES string of the molecule is O=C(N1CCN(S(=O)(=O)C2CCS(=O)(=O)C2)CC1)C1(c2cccc(F)c2)CCC1. The first-order chi connectivity index (χ1) is 13.6. The molecule has 10 heteroatoms. The fourth-order valence-electron chi connectivity index (χ4n) is 4.60. The number of nitrogens with zero attached hydrogens (tertiary/aromatic N) is 2. The summed E-state index contributed by atoms with van der Waals surface area (Å²) >= 11 is 0. The van der Waals surface area contributed by atoms with Crippen molar-refractivity contribution in [1.82, 2.24) is 9.21 Å². The number of piperazine rings is 1. The maximum atomic E-state index is 13.7. The molecule has 1 amide bonds. The van der Waals surface area contributed by atoms with E-state index in [1.807, 2.05) is 0 Å². The molecule has 1 atom stereocenters. The van der Waals surface area contributed by atoms with Crippen LogP contribution in [0.1, 0.15) is 31.2 Å². The van der Waals surface area contributed by atoms with Crippen LogP contribution in [0.15, 0.2) is 24.3 Å². The molecule has 1 saturated carbocycles. The molecule has 29 heavy (non-hydrogen) atoms. The maximum Gasteiger partial charge on any atom is 0.233 e. The molecule has 2 aliphatic heterocycles. The third-order valence-electron chi connectivity index (χ3n) is 6.49. The fourth-order valence-corrected chi connectivity index (χ4v) is 9.11. The number of carbonyl (C=O) groups is 1. The normalized spacial score (nSPS) is 26.8. The minimum atomic E-state index is -3.70. The van der Waals surface area contributed by atoms with Crippen LogP contribution in [-0.4, -0.2) is 74.9 Å². The molecule has 0 aromatic heterocycles. The quantitative estimate of drug-likeness (QED) is 0.688. The fraction of sp³-hybridized carbons (Fsp3) is 0.632. The Bertz CT molecular complexity index is 1010. The number of sulfonamides is 1. The zero-order valence-corrected chi connectivity index (χ0v) is 17.7. The van der Waals surface area contributed by atoms with Gasteiger partial charge in [0.1, 0.15) is 5.82 Å². The van der Waals surface area contributed by atoms with Crippen molar-refractivity contribution in [2.24, 2.45) is 0 Å². The number of benzene rings is 1. The van der Waals surface area contributed by atoms with Crippen molar-refractivity contribution in [3.63, 3.8) is 0 Å². The van der Waals surface area contributed by atoms with E-state index in [0.29, 0.717) is 18.4 Å². The van der Waals surface area contributed by atoms with E-state index in [2.05, 4.69) is 0 Å². The number of hydrogen-bond acceptors (Lipinski definition) is 5. The second-order valence-electron chi connectivity index (χ2n) is 8.21.